The first-order valence-corrected chi connectivity index (χ1v) is 6.83. The molecular formula is C13H17NO2S. The van der Waals surface area contributed by atoms with Crippen molar-refractivity contribution in [2.24, 2.45) is 0 Å². The molecule has 1 atom stereocenters. The Hall–Kier alpha value is -1.13. The topological polar surface area (TPSA) is 49.3 Å². The van der Waals surface area contributed by atoms with Gasteiger partial charge in [-0.2, -0.15) is 0 Å². The maximum atomic E-state index is 12.0. The smallest absolute Gasteiger partial charge is 0.247 e. The van der Waals surface area contributed by atoms with Gasteiger partial charge in [0, 0.05) is 17.1 Å². The molecule has 2 N–H and O–H groups in total. The van der Waals surface area contributed by atoms with Crippen LogP contribution in [0.15, 0.2) is 29.2 Å². The van der Waals surface area contributed by atoms with Crippen molar-refractivity contribution in [3.63, 3.8) is 0 Å². The van der Waals surface area contributed by atoms with Gasteiger partial charge >= 0.3 is 0 Å². The highest BCUT2D eigenvalue weighted by atomic mass is 32.1. The predicted octanol–water partition coefficient (Wildman–Crippen LogP) is 2.40. The van der Waals surface area contributed by atoms with Crippen molar-refractivity contribution in [3.05, 3.63) is 34.0 Å². The third-order valence-electron chi connectivity index (χ3n) is 2.94. The molecule has 0 aromatic carbocycles. The van der Waals surface area contributed by atoms with Crippen LogP contribution < -0.4 is 5.32 Å². The van der Waals surface area contributed by atoms with Crippen LogP contribution in [0.2, 0.25) is 0 Å². The summed E-state index contributed by atoms with van der Waals surface area (Å²) in [7, 11) is 0. The number of aliphatic hydroxyl groups excluding tert-OH is 1. The van der Waals surface area contributed by atoms with E-state index in [1.54, 1.807) is 11.3 Å². The third kappa shape index (κ3) is 3.17. The van der Waals surface area contributed by atoms with E-state index in [0.29, 0.717) is 6.42 Å². The Labute approximate surface area is 105 Å². The zero-order valence-corrected chi connectivity index (χ0v) is 10.5. The van der Waals surface area contributed by atoms with Crippen molar-refractivity contribution >= 4 is 17.2 Å². The van der Waals surface area contributed by atoms with Crippen LogP contribution >= 0.6 is 11.3 Å². The lowest BCUT2D eigenvalue weighted by molar-refractivity contribution is -0.118. The van der Waals surface area contributed by atoms with Gasteiger partial charge in [0.2, 0.25) is 5.91 Å². The van der Waals surface area contributed by atoms with E-state index in [4.69, 9.17) is 5.11 Å². The summed E-state index contributed by atoms with van der Waals surface area (Å²) < 4.78 is 0. The molecule has 0 radical (unpaired) electrons. The van der Waals surface area contributed by atoms with E-state index in [0.717, 1.165) is 29.7 Å². The summed E-state index contributed by atoms with van der Waals surface area (Å²) in [4.78, 5) is 13.1. The molecule has 0 saturated carbocycles. The van der Waals surface area contributed by atoms with Crippen molar-refractivity contribution in [1.82, 2.24) is 5.32 Å². The molecule has 0 bridgehead atoms. The molecule has 0 unspecified atom stereocenters. The minimum absolute atomic E-state index is 0.0225. The number of allylic oxidation sites excluding steroid dienone is 1. The van der Waals surface area contributed by atoms with Gasteiger partial charge < -0.3 is 10.4 Å². The van der Waals surface area contributed by atoms with Crippen LogP contribution in [0.3, 0.4) is 0 Å². The second kappa shape index (κ2) is 5.98. The van der Waals surface area contributed by atoms with Crippen LogP contribution in [0.4, 0.5) is 0 Å². The first-order valence-electron chi connectivity index (χ1n) is 5.95. The van der Waals surface area contributed by atoms with Gasteiger partial charge in [0.1, 0.15) is 0 Å². The molecule has 2 rings (SSSR count). The first-order chi connectivity index (χ1) is 8.31. The first kappa shape index (κ1) is 12.3. The quantitative estimate of drug-likeness (QED) is 0.844. The van der Waals surface area contributed by atoms with Crippen molar-refractivity contribution in [3.8, 4) is 0 Å². The highest BCUT2D eigenvalue weighted by molar-refractivity contribution is 7.10. The number of carbonyl (C=O) groups is 1. The van der Waals surface area contributed by atoms with Gasteiger partial charge in [0.15, 0.2) is 0 Å². The molecule has 0 saturated heterocycles. The van der Waals surface area contributed by atoms with E-state index in [9.17, 15) is 4.79 Å². The zero-order chi connectivity index (χ0) is 12.1. The fraction of sp³-hybridized carbons (Fsp3) is 0.462. The van der Waals surface area contributed by atoms with E-state index >= 15 is 0 Å². The number of amides is 1. The van der Waals surface area contributed by atoms with Gasteiger partial charge in [-0.3, -0.25) is 4.79 Å². The second-order valence-electron chi connectivity index (χ2n) is 4.18. The number of carbonyl (C=O) groups excluding carboxylic acids is 1. The van der Waals surface area contributed by atoms with Crippen LogP contribution in [-0.2, 0) is 4.79 Å². The Kier molecular flexibility index (Phi) is 4.34. The standard InChI is InChI=1S/C13H17NO2S/c15-8-7-11(12-6-3-9-17-12)14-13(16)10-4-1-2-5-10/h3-4,6,9,11,15H,1-2,5,7-8H2,(H,14,16)/t11-/m0/s1. The van der Waals surface area contributed by atoms with Crippen molar-refractivity contribution in [1.29, 1.82) is 0 Å². The molecule has 1 aliphatic rings. The molecule has 1 aliphatic carbocycles. The number of thiophene rings is 1. The van der Waals surface area contributed by atoms with Gasteiger partial charge in [-0.15, -0.1) is 11.3 Å². The zero-order valence-electron chi connectivity index (χ0n) is 9.69. The average molecular weight is 251 g/mol. The summed E-state index contributed by atoms with van der Waals surface area (Å²) in [5, 5.41) is 14.0. The monoisotopic (exact) mass is 251 g/mol. The van der Waals surface area contributed by atoms with Crippen LogP contribution in [0, 0.1) is 0 Å². The molecule has 1 heterocycles. The molecule has 92 valence electrons. The molecule has 1 aromatic heterocycles. The molecule has 3 nitrogen and oxygen atoms in total. The van der Waals surface area contributed by atoms with Crippen LogP contribution in [0.1, 0.15) is 36.6 Å². The van der Waals surface area contributed by atoms with E-state index in [1.807, 2.05) is 23.6 Å². The van der Waals surface area contributed by atoms with Crippen molar-refractivity contribution in [2.45, 2.75) is 31.7 Å². The van der Waals surface area contributed by atoms with E-state index in [-0.39, 0.29) is 18.6 Å². The fourth-order valence-corrected chi connectivity index (χ4v) is 2.84. The molecular weight excluding hydrogens is 234 g/mol. The maximum Gasteiger partial charge on any atom is 0.247 e. The third-order valence-corrected chi connectivity index (χ3v) is 3.93. The molecule has 0 fully saturated rings. The largest absolute Gasteiger partial charge is 0.396 e. The van der Waals surface area contributed by atoms with Crippen LogP contribution in [-0.4, -0.2) is 17.6 Å². The van der Waals surface area contributed by atoms with Gasteiger partial charge in [0.05, 0.1) is 6.04 Å². The van der Waals surface area contributed by atoms with Gasteiger partial charge in [-0.1, -0.05) is 12.1 Å². The Balaban J connectivity index is 2.00. The van der Waals surface area contributed by atoms with E-state index < -0.39 is 0 Å². The van der Waals surface area contributed by atoms with Crippen molar-refractivity contribution < 1.29 is 9.90 Å². The summed E-state index contributed by atoms with van der Waals surface area (Å²) >= 11 is 1.61. The highest BCUT2D eigenvalue weighted by Gasteiger charge is 2.19. The lowest BCUT2D eigenvalue weighted by Gasteiger charge is -2.16. The molecule has 1 amide bonds. The van der Waals surface area contributed by atoms with E-state index in [2.05, 4.69) is 5.32 Å². The lowest BCUT2D eigenvalue weighted by atomic mass is 10.1. The molecule has 17 heavy (non-hydrogen) atoms. The summed E-state index contributed by atoms with van der Waals surface area (Å²) in [6.45, 7) is 0.0852. The summed E-state index contributed by atoms with van der Waals surface area (Å²) in [6, 6.07) is 3.90. The number of hydrogen-bond acceptors (Lipinski definition) is 3. The fourth-order valence-electron chi connectivity index (χ4n) is 2.03. The number of aliphatic hydroxyl groups is 1. The van der Waals surface area contributed by atoms with Gasteiger partial charge in [-0.05, 0) is 37.1 Å². The number of rotatable bonds is 5. The lowest BCUT2D eigenvalue weighted by Crippen LogP contribution is -2.29. The number of hydrogen-bond donors (Lipinski definition) is 2. The SMILES string of the molecule is O=C(N[C@@H](CCO)c1cccs1)C1=CCCC1. The Bertz CT molecular complexity index is 398. The number of nitrogens with one attached hydrogen (secondary N) is 1. The Morgan fingerprint density at radius 1 is 1.59 bits per heavy atom. The highest BCUT2D eigenvalue weighted by Crippen LogP contribution is 2.24. The van der Waals surface area contributed by atoms with Gasteiger partial charge in [-0.25, -0.2) is 0 Å². The Morgan fingerprint density at radius 3 is 3.06 bits per heavy atom. The molecule has 4 heteroatoms. The normalized spacial score (nSPS) is 16.6. The summed E-state index contributed by atoms with van der Waals surface area (Å²) in [5.74, 6) is 0.0225. The van der Waals surface area contributed by atoms with Crippen molar-refractivity contribution in [2.75, 3.05) is 6.61 Å². The summed E-state index contributed by atoms with van der Waals surface area (Å²) in [5.41, 5.74) is 0.893. The minimum Gasteiger partial charge on any atom is -0.396 e. The Morgan fingerprint density at radius 2 is 2.47 bits per heavy atom. The predicted molar refractivity (Wildman–Crippen MR) is 68.8 cm³/mol. The molecule has 1 aromatic rings. The maximum absolute atomic E-state index is 12.0. The van der Waals surface area contributed by atoms with E-state index in [1.165, 1.54) is 0 Å². The minimum atomic E-state index is -0.0611. The molecule has 0 aliphatic heterocycles. The van der Waals surface area contributed by atoms with Crippen LogP contribution in [0.5, 0.6) is 0 Å². The second-order valence-corrected chi connectivity index (χ2v) is 5.15. The molecule has 0 spiro atoms. The summed E-state index contributed by atoms with van der Waals surface area (Å²) in [6.07, 6.45) is 5.54. The average Bonchev–Trinajstić information content (AvgIpc) is 3.01. The van der Waals surface area contributed by atoms with Gasteiger partial charge in [0.25, 0.3) is 0 Å². The van der Waals surface area contributed by atoms with Crippen LogP contribution in [0.25, 0.3) is 0 Å².